The van der Waals surface area contributed by atoms with Crippen molar-refractivity contribution >= 4 is 39.0 Å². The fourth-order valence-corrected chi connectivity index (χ4v) is 4.55. The summed E-state index contributed by atoms with van der Waals surface area (Å²) in [5, 5.41) is 4.03. The minimum atomic E-state index is 0.443. The van der Waals surface area contributed by atoms with E-state index in [1.807, 2.05) is 48.5 Å². The van der Waals surface area contributed by atoms with Crippen molar-refractivity contribution in [1.82, 2.24) is 19.9 Å². The Bertz CT molecular complexity index is 1170. The summed E-state index contributed by atoms with van der Waals surface area (Å²) in [6.07, 6.45) is 4.35. The van der Waals surface area contributed by atoms with Gasteiger partial charge in [0.05, 0.1) is 17.2 Å². The van der Waals surface area contributed by atoms with Gasteiger partial charge >= 0.3 is 0 Å². The number of nitrogen functional groups attached to an aromatic ring is 1. The second kappa shape index (κ2) is 8.87. The van der Waals surface area contributed by atoms with Gasteiger partial charge in [-0.05, 0) is 62.3 Å². The molecule has 31 heavy (non-hydrogen) atoms. The highest BCUT2D eigenvalue weighted by Gasteiger charge is 2.14. The summed E-state index contributed by atoms with van der Waals surface area (Å²) < 4.78 is 5.87. The Kier molecular flexibility index (Phi) is 5.64. The van der Waals surface area contributed by atoms with Crippen LogP contribution < -0.4 is 15.8 Å². The molecule has 1 aliphatic heterocycles. The summed E-state index contributed by atoms with van der Waals surface area (Å²) >= 11 is 1.46. The second-order valence-electron chi connectivity index (χ2n) is 7.52. The van der Waals surface area contributed by atoms with Crippen LogP contribution in [0.2, 0.25) is 0 Å². The van der Waals surface area contributed by atoms with Gasteiger partial charge in [0.1, 0.15) is 28.7 Å². The molecule has 158 valence electrons. The number of nitrogens with zero attached hydrogens (tertiary/aromatic N) is 4. The molecule has 0 spiro atoms. The number of anilines is 3. The number of ether oxygens (including phenoxy) is 1. The molecule has 1 saturated heterocycles. The average Bonchev–Trinajstić information content (AvgIpc) is 3.44. The smallest absolute Gasteiger partial charge is 0.189 e. The molecule has 2 aromatic heterocycles. The molecular weight excluding hydrogens is 408 g/mol. The molecule has 2 aromatic carbocycles. The van der Waals surface area contributed by atoms with E-state index in [2.05, 4.69) is 25.2 Å². The second-order valence-corrected chi connectivity index (χ2v) is 8.52. The number of nitrogens with one attached hydrogen (secondary N) is 1. The van der Waals surface area contributed by atoms with Crippen molar-refractivity contribution in [1.29, 1.82) is 0 Å². The van der Waals surface area contributed by atoms with Crippen molar-refractivity contribution < 1.29 is 4.74 Å². The van der Waals surface area contributed by atoms with E-state index in [1.165, 1.54) is 37.3 Å². The zero-order valence-electron chi connectivity index (χ0n) is 17.1. The van der Waals surface area contributed by atoms with Crippen LogP contribution in [0.25, 0.3) is 21.6 Å². The summed E-state index contributed by atoms with van der Waals surface area (Å²) in [6.45, 7) is 4.08. The van der Waals surface area contributed by atoms with Crippen LogP contribution in [-0.4, -0.2) is 46.1 Å². The third-order valence-corrected chi connectivity index (χ3v) is 6.32. The monoisotopic (exact) mass is 432 g/mol. The molecule has 0 saturated carbocycles. The lowest BCUT2D eigenvalue weighted by Gasteiger charge is -2.15. The third kappa shape index (κ3) is 4.60. The number of likely N-dealkylation sites (tertiary alicyclic amines) is 1. The molecule has 4 aromatic rings. The Hall–Kier alpha value is -3.23. The zero-order chi connectivity index (χ0) is 21.0. The SMILES string of the molecule is Nc1nc(Nc2ccc(OCCN3CCCC3)cc2)sc1-c1cnc2ccccc2n1. The number of hydrogen-bond donors (Lipinski definition) is 2. The van der Waals surface area contributed by atoms with Crippen LogP contribution in [-0.2, 0) is 0 Å². The van der Waals surface area contributed by atoms with E-state index in [-0.39, 0.29) is 0 Å². The number of fused-ring (bicyclic) bond motifs is 1. The molecule has 1 aliphatic rings. The van der Waals surface area contributed by atoms with Crippen LogP contribution in [0, 0.1) is 0 Å². The topological polar surface area (TPSA) is 89.2 Å². The molecular formula is C23H24N6OS. The predicted molar refractivity (Wildman–Crippen MR) is 126 cm³/mol. The Morgan fingerprint density at radius 1 is 1.00 bits per heavy atom. The van der Waals surface area contributed by atoms with Crippen molar-refractivity contribution in [3.05, 3.63) is 54.7 Å². The zero-order valence-corrected chi connectivity index (χ0v) is 17.9. The molecule has 3 heterocycles. The van der Waals surface area contributed by atoms with Crippen molar-refractivity contribution in [3.8, 4) is 16.3 Å². The van der Waals surface area contributed by atoms with E-state index >= 15 is 0 Å². The maximum Gasteiger partial charge on any atom is 0.189 e. The lowest BCUT2D eigenvalue weighted by molar-refractivity contribution is 0.238. The summed E-state index contributed by atoms with van der Waals surface area (Å²) in [5.41, 5.74) is 9.52. The minimum Gasteiger partial charge on any atom is -0.492 e. The first-order valence-electron chi connectivity index (χ1n) is 10.5. The number of para-hydroxylation sites is 2. The van der Waals surface area contributed by atoms with Gasteiger partial charge in [0.15, 0.2) is 5.13 Å². The molecule has 0 amide bonds. The fourth-order valence-electron chi connectivity index (χ4n) is 3.69. The summed E-state index contributed by atoms with van der Waals surface area (Å²) in [6, 6.07) is 15.7. The van der Waals surface area contributed by atoms with Gasteiger partial charge in [-0.25, -0.2) is 9.97 Å². The Morgan fingerprint density at radius 3 is 2.58 bits per heavy atom. The number of aromatic nitrogens is 3. The van der Waals surface area contributed by atoms with Gasteiger partial charge in [0.2, 0.25) is 0 Å². The molecule has 0 radical (unpaired) electrons. The van der Waals surface area contributed by atoms with E-state index in [1.54, 1.807) is 6.20 Å². The quantitative estimate of drug-likeness (QED) is 0.443. The maximum atomic E-state index is 6.17. The Morgan fingerprint density at radius 2 is 1.77 bits per heavy atom. The van der Waals surface area contributed by atoms with E-state index in [0.717, 1.165) is 39.6 Å². The Labute approximate surface area is 184 Å². The first-order valence-corrected chi connectivity index (χ1v) is 11.3. The molecule has 0 aliphatic carbocycles. The summed E-state index contributed by atoms with van der Waals surface area (Å²) in [7, 11) is 0. The molecule has 8 heteroatoms. The van der Waals surface area contributed by atoms with Gasteiger partial charge in [-0.2, -0.15) is 0 Å². The van der Waals surface area contributed by atoms with Crippen LogP contribution in [0.1, 0.15) is 12.8 Å². The molecule has 0 atom stereocenters. The fraction of sp³-hybridized carbons (Fsp3) is 0.261. The normalized spacial score (nSPS) is 14.2. The number of thiazole rings is 1. The standard InChI is InChI=1S/C23H24N6OS/c24-22-21(20-15-25-18-5-1-2-6-19(18)27-20)31-23(28-22)26-16-7-9-17(10-8-16)30-14-13-29-11-3-4-12-29/h1-2,5-10,15H,3-4,11-14,24H2,(H,26,28). The largest absolute Gasteiger partial charge is 0.492 e. The minimum absolute atomic E-state index is 0.443. The number of hydrogen-bond acceptors (Lipinski definition) is 8. The first-order chi connectivity index (χ1) is 15.2. The van der Waals surface area contributed by atoms with Crippen molar-refractivity contribution in [2.24, 2.45) is 0 Å². The van der Waals surface area contributed by atoms with Gasteiger partial charge in [-0.15, -0.1) is 0 Å². The molecule has 0 bridgehead atoms. The van der Waals surface area contributed by atoms with Gasteiger partial charge < -0.3 is 15.8 Å². The predicted octanol–water partition coefficient (Wildman–Crippen LogP) is 4.55. The first kappa shape index (κ1) is 19.7. The Balaban J connectivity index is 1.24. The van der Waals surface area contributed by atoms with Crippen LogP contribution in [0.15, 0.2) is 54.7 Å². The maximum absolute atomic E-state index is 6.17. The summed E-state index contributed by atoms with van der Waals surface area (Å²) in [5.74, 6) is 1.31. The third-order valence-electron chi connectivity index (χ3n) is 5.32. The van der Waals surface area contributed by atoms with Crippen molar-refractivity contribution in [2.75, 3.05) is 37.3 Å². The van der Waals surface area contributed by atoms with Gasteiger partial charge in [0.25, 0.3) is 0 Å². The van der Waals surface area contributed by atoms with Crippen molar-refractivity contribution in [2.45, 2.75) is 12.8 Å². The van der Waals surface area contributed by atoms with E-state index in [4.69, 9.17) is 10.5 Å². The van der Waals surface area contributed by atoms with Crippen LogP contribution in [0.4, 0.5) is 16.6 Å². The van der Waals surface area contributed by atoms with Gasteiger partial charge in [-0.1, -0.05) is 23.5 Å². The molecule has 1 fully saturated rings. The average molecular weight is 433 g/mol. The highest BCUT2D eigenvalue weighted by atomic mass is 32.1. The lowest BCUT2D eigenvalue weighted by Crippen LogP contribution is -2.25. The molecule has 0 unspecified atom stereocenters. The summed E-state index contributed by atoms with van der Waals surface area (Å²) in [4.78, 5) is 16.9. The molecule has 7 nitrogen and oxygen atoms in total. The van der Waals surface area contributed by atoms with Crippen molar-refractivity contribution in [3.63, 3.8) is 0 Å². The highest BCUT2D eigenvalue weighted by Crippen LogP contribution is 2.35. The van der Waals surface area contributed by atoms with E-state index in [0.29, 0.717) is 17.6 Å². The molecule has 5 rings (SSSR count). The number of benzene rings is 2. The highest BCUT2D eigenvalue weighted by molar-refractivity contribution is 7.19. The van der Waals surface area contributed by atoms with Gasteiger partial charge in [0, 0.05) is 12.2 Å². The number of nitrogens with two attached hydrogens (primary N) is 1. The molecule has 3 N–H and O–H groups in total. The van der Waals surface area contributed by atoms with E-state index in [9.17, 15) is 0 Å². The van der Waals surface area contributed by atoms with Crippen LogP contribution >= 0.6 is 11.3 Å². The number of rotatable bonds is 7. The lowest BCUT2D eigenvalue weighted by atomic mass is 10.3. The van der Waals surface area contributed by atoms with Gasteiger partial charge in [-0.3, -0.25) is 9.88 Å². The van der Waals surface area contributed by atoms with Crippen LogP contribution in [0.5, 0.6) is 5.75 Å². The van der Waals surface area contributed by atoms with E-state index < -0.39 is 0 Å². The van der Waals surface area contributed by atoms with Crippen LogP contribution in [0.3, 0.4) is 0 Å².